The lowest BCUT2D eigenvalue weighted by Gasteiger charge is -2.25. The quantitative estimate of drug-likeness (QED) is 0.843. The molecule has 1 aliphatic rings. The Bertz CT molecular complexity index is 405. The molecule has 0 spiro atoms. The van der Waals surface area contributed by atoms with Gasteiger partial charge in [0.05, 0.1) is 11.6 Å². The summed E-state index contributed by atoms with van der Waals surface area (Å²) in [6.07, 6.45) is 3.89. The molecule has 84 valence electrons. The molecular formula is C13H15FN2. The van der Waals surface area contributed by atoms with Crippen molar-refractivity contribution in [2.24, 2.45) is 5.92 Å². The summed E-state index contributed by atoms with van der Waals surface area (Å²) in [6, 6.07) is 6.50. The van der Waals surface area contributed by atoms with Gasteiger partial charge in [0.1, 0.15) is 5.82 Å². The van der Waals surface area contributed by atoms with E-state index in [2.05, 4.69) is 5.32 Å². The van der Waals surface area contributed by atoms with E-state index < -0.39 is 0 Å². The molecule has 0 atom stereocenters. The molecule has 1 aliphatic carbocycles. The van der Waals surface area contributed by atoms with Gasteiger partial charge in [-0.25, -0.2) is 4.39 Å². The van der Waals surface area contributed by atoms with E-state index >= 15 is 0 Å². The number of rotatable bonds is 4. The normalized spacial score (nSPS) is 15.5. The topological polar surface area (TPSA) is 35.8 Å². The first-order valence-corrected chi connectivity index (χ1v) is 5.69. The number of hydrogen-bond donors (Lipinski definition) is 1. The summed E-state index contributed by atoms with van der Waals surface area (Å²) in [4.78, 5) is 0. The van der Waals surface area contributed by atoms with Gasteiger partial charge >= 0.3 is 0 Å². The third-order valence-corrected chi connectivity index (χ3v) is 3.15. The molecule has 3 heteroatoms. The van der Waals surface area contributed by atoms with Crippen LogP contribution >= 0.6 is 0 Å². The lowest BCUT2D eigenvalue weighted by Crippen LogP contribution is -2.27. The lowest BCUT2D eigenvalue weighted by molar-refractivity contribution is 0.301. The molecule has 16 heavy (non-hydrogen) atoms. The van der Waals surface area contributed by atoms with Crippen molar-refractivity contribution in [1.29, 1.82) is 5.26 Å². The predicted molar refractivity (Wildman–Crippen MR) is 60.2 cm³/mol. The van der Waals surface area contributed by atoms with Gasteiger partial charge < -0.3 is 5.32 Å². The number of hydrogen-bond acceptors (Lipinski definition) is 2. The molecular weight excluding hydrogens is 203 g/mol. The zero-order valence-corrected chi connectivity index (χ0v) is 9.17. The SMILES string of the molecule is N#Cc1ccc(F)c(CNCC2CCC2)c1. The van der Waals surface area contributed by atoms with Crippen LogP contribution in [-0.4, -0.2) is 6.54 Å². The Morgan fingerprint density at radius 3 is 2.88 bits per heavy atom. The van der Waals surface area contributed by atoms with E-state index in [9.17, 15) is 4.39 Å². The van der Waals surface area contributed by atoms with Crippen LogP contribution in [0.3, 0.4) is 0 Å². The van der Waals surface area contributed by atoms with Crippen molar-refractivity contribution in [2.75, 3.05) is 6.54 Å². The molecule has 1 fully saturated rings. The van der Waals surface area contributed by atoms with Gasteiger partial charge in [-0.1, -0.05) is 6.42 Å². The standard InChI is InChI=1S/C13H15FN2/c14-13-5-4-11(7-15)6-12(13)9-16-8-10-2-1-3-10/h4-6,10,16H,1-3,8-9H2. The maximum Gasteiger partial charge on any atom is 0.127 e. The van der Waals surface area contributed by atoms with Gasteiger partial charge in [-0.05, 0) is 43.5 Å². The fourth-order valence-electron chi connectivity index (χ4n) is 1.89. The average Bonchev–Trinajstić information content (AvgIpc) is 2.24. The van der Waals surface area contributed by atoms with Crippen LogP contribution in [0.1, 0.15) is 30.4 Å². The second kappa shape index (κ2) is 5.09. The van der Waals surface area contributed by atoms with Gasteiger partial charge in [0.25, 0.3) is 0 Å². The maximum atomic E-state index is 13.4. The largest absolute Gasteiger partial charge is 0.312 e. The minimum Gasteiger partial charge on any atom is -0.312 e. The van der Waals surface area contributed by atoms with Crippen molar-refractivity contribution in [3.63, 3.8) is 0 Å². The van der Waals surface area contributed by atoms with Crippen LogP contribution in [-0.2, 0) is 6.54 Å². The number of halogens is 1. The Labute approximate surface area is 95.1 Å². The predicted octanol–water partition coefficient (Wildman–Crippen LogP) is 2.59. The van der Waals surface area contributed by atoms with Gasteiger partial charge in [-0.2, -0.15) is 5.26 Å². The molecule has 0 heterocycles. The van der Waals surface area contributed by atoms with E-state index in [1.54, 1.807) is 6.07 Å². The maximum absolute atomic E-state index is 13.4. The van der Waals surface area contributed by atoms with Crippen LogP contribution in [0.4, 0.5) is 4.39 Å². The Kier molecular flexibility index (Phi) is 3.53. The third kappa shape index (κ3) is 2.59. The summed E-state index contributed by atoms with van der Waals surface area (Å²) in [5.74, 6) is 0.530. The minimum absolute atomic E-state index is 0.236. The van der Waals surface area contributed by atoms with Crippen molar-refractivity contribution in [3.8, 4) is 6.07 Å². The average molecular weight is 218 g/mol. The first-order valence-electron chi connectivity index (χ1n) is 5.69. The fraction of sp³-hybridized carbons (Fsp3) is 0.462. The van der Waals surface area contributed by atoms with E-state index in [1.165, 1.54) is 31.4 Å². The molecule has 0 aromatic heterocycles. The van der Waals surface area contributed by atoms with E-state index in [0.717, 1.165) is 12.5 Å². The summed E-state index contributed by atoms with van der Waals surface area (Å²) < 4.78 is 13.4. The van der Waals surface area contributed by atoms with Crippen molar-refractivity contribution in [2.45, 2.75) is 25.8 Å². The summed E-state index contributed by atoms with van der Waals surface area (Å²) in [6.45, 7) is 1.47. The Morgan fingerprint density at radius 2 is 2.25 bits per heavy atom. The van der Waals surface area contributed by atoms with E-state index in [-0.39, 0.29) is 5.82 Å². The van der Waals surface area contributed by atoms with Gasteiger partial charge in [0.2, 0.25) is 0 Å². The monoisotopic (exact) mass is 218 g/mol. The number of nitrogens with one attached hydrogen (secondary N) is 1. The molecule has 0 aliphatic heterocycles. The third-order valence-electron chi connectivity index (χ3n) is 3.15. The summed E-state index contributed by atoms with van der Waals surface area (Å²) in [5.41, 5.74) is 1.10. The Balaban J connectivity index is 1.89. The smallest absolute Gasteiger partial charge is 0.127 e. The van der Waals surface area contributed by atoms with Gasteiger partial charge in [-0.15, -0.1) is 0 Å². The van der Waals surface area contributed by atoms with Crippen LogP contribution in [0.5, 0.6) is 0 Å². The first kappa shape index (κ1) is 11.1. The summed E-state index contributed by atoms with van der Waals surface area (Å²) in [7, 11) is 0. The molecule has 0 saturated heterocycles. The fourth-order valence-corrected chi connectivity index (χ4v) is 1.89. The minimum atomic E-state index is -0.236. The Hall–Kier alpha value is -1.40. The molecule has 1 aromatic rings. The molecule has 0 unspecified atom stereocenters. The number of benzene rings is 1. The lowest BCUT2D eigenvalue weighted by atomic mass is 9.85. The zero-order chi connectivity index (χ0) is 11.4. The van der Waals surface area contributed by atoms with Crippen LogP contribution in [0.25, 0.3) is 0 Å². The van der Waals surface area contributed by atoms with E-state index in [4.69, 9.17) is 5.26 Å². The van der Waals surface area contributed by atoms with Crippen molar-refractivity contribution >= 4 is 0 Å². The number of nitriles is 1. The van der Waals surface area contributed by atoms with Crippen molar-refractivity contribution in [1.82, 2.24) is 5.32 Å². The summed E-state index contributed by atoms with van der Waals surface area (Å²) >= 11 is 0. The molecule has 2 rings (SSSR count). The van der Waals surface area contributed by atoms with Crippen molar-refractivity contribution < 1.29 is 4.39 Å². The molecule has 1 aromatic carbocycles. The van der Waals surface area contributed by atoms with E-state index in [1.807, 2.05) is 6.07 Å². The molecule has 1 saturated carbocycles. The van der Waals surface area contributed by atoms with Gasteiger partial charge in [-0.3, -0.25) is 0 Å². The highest BCUT2D eigenvalue weighted by molar-refractivity contribution is 5.33. The molecule has 0 bridgehead atoms. The van der Waals surface area contributed by atoms with Crippen LogP contribution in [0, 0.1) is 23.1 Å². The van der Waals surface area contributed by atoms with Crippen molar-refractivity contribution in [3.05, 3.63) is 35.1 Å². The zero-order valence-electron chi connectivity index (χ0n) is 9.17. The van der Waals surface area contributed by atoms with Gasteiger partial charge in [0, 0.05) is 12.1 Å². The molecule has 0 amide bonds. The van der Waals surface area contributed by atoms with Crippen LogP contribution in [0.2, 0.25) is 0 Å². The molecule has 2 nitrogen and oxygen atoms in total. The summed E-state index contributed by atoms with van der Waals surface area (Å²) in [5, 5.41) is 12.0. The van der Waals surface area contributed by atoms with Crippen LogP contribution < -0.4 is 5.32 Å². The number of nitrogens with zero attached hydrogens (tertiary/aromatic N) is 1. The molecule has 0 radical (unpaired) electrons. The van der Waals surface area contributed by atoms with Gasteiger partial charge in [0.15, 0.2) is 0 Å². The first-order chi connectivity index (χ1) is 7.79. The Morgan fingerprint density at radius 1 is 1.44 bits per heavy atom. The second-order valence-corrected chi connectivity index (χ2v) is 4.35. The highest BCUT2D eigenvalue weighted by Crippen LogP contribution is 2.25. The van der Waals surface area contributed by atoms with E-state index in [0.29, 0.717) is 17.7 Å². The van der Waals surface area contributed by atoms with Crippen LogP contribution in [0.15, 0.2) is 18.2 Å². The highest BCUT2D eigenvalue weighted by Gasteiger charge is 2.16. The second-order valence-electron chi connectivity index (χ2n) is 4.35. The molecule has 1 N–H and O–H groups in total. The highest BCUT2D eigenvalue weighted by atomic mass is 19.1.